The average molecular weight is 309 g/mol. The van der Waals surface area contributed by atoms with Crippen LogP contribution < -0.4 is 4.74 Å². The Morgan fingerprint density at radius 3 is 2.91 bits per heavy atom. The summed E-state index contributed by atoms with van der Waals surface area (Å²) in [5.74, 6) is 0.941. The molecule has 0 radical (unpaired) electrons. The molecule has 2 nitrogen and oxygen atoms in total. The van der Waals surface area contributed by atoms with Crippen molar-refractivity contribution in [2.45, 2.75) is 12.5 Å². The molecule has 0 aliphatic carbocycles. The van der Waals surface area contributed by atoms with E-state index < -0.39 is 0 Å². The largest absolute Gasteiger partial charge is 0.497 e. The molecule has 0 amide bonds. The molecule has 0 N–H and O–H groups in total. The van der Waals surface area contributed by atoms with Crippen LogP contribution in [0.25, 0.3) is 10.1 Å². The van der Waals surface area contributed by atoms with Crippen LogP contribution >= 0.6 is 11.3 Å². The quantitative estimate of drug-likeness (QED) is 0.691. The molecule has 3 heteroatoms. The highest BCUT2D eigenvalue weighted by atomic mass is 32.1. The van der Waals surface area contributed by atoms with Crippen LogP contribution in [0.15, 0.2) is 47.8 Å². The van der Waals surface area contributed by atoms with Gasteiger partial charge in [-0.2, -0.15) is 0 Å². The molecule has 22 heavy (non-hydrogen) atoms. The van der Waals surface area contributed by atoms with Crippen LogP contribution in [0.2, 0.25) is 0 Å². The first-order valence-corrected chi connectivity index (χ1v) is 8.48. The van der Waals surface area contributed by atoms with Gasteiger partial charge in [-0.15, -0.1) is 11.3 Å². The lowest BCUT2D eigenvalue weighted by Gasteiger charge is -2.35. The summed E-state index contributed by atoms with van der Waals surface area (Å²) < 4.78 is 6.80. The molecule has 4 rings (SSSR count). The first-order valence-electron chi connectivity index (χ1n) is 7.60. The standard InChI is InChI=1S/C19H19NOS/c1-20-9-7-13-5-6-16(21-2)12-17(13)19(20)15-4-3-14-8-10-22-18(14)11-15/h3-6,8,10-12,19H,7,9H2,1-2H3. The molecule has 1 aliphatic rings. The van der Waals surface area contributed by atoms with Crippen LogP contribution in [-0.4, -0.2) is 25.6 Å². The van der Waals surface area contributed by atoms with Gasteiger partial charge in [-0.3, -0.25) is 4.90 Å². The lowest BCUT2D eigenvalue weighted by atomic mass is 9.88. The molecule has 1 aliphatic heterocycles. The zero-order valence-electron chi connectivity index (χ0n) is 12.9. The summed E-state index contributed by atoms with van der Waals surface area (Å²) in [5.41, 5.74) is 4.19. The van der Waals surface area contributed by atoms with E-state index in [2.05, 4.69) is 59.8 Å². The highest BCUT2D eigenvalue weighted by molar-refractivity contribution is 7.17. The van der Waals surface area contributed by atoms with Gasteiger partial charge in [-0.25, -0.2) is 0 Å². The van der Waals surface area contributed by atoms with Crippen LogP contribution in [0.5, 0.6) is 5.75 Å². The summed E-state index contributed by atoms with van der Waals surface area (Å²) in [5, 5.41) is 3.49. The van der Waals surface area contributed by atoms with Crippen molar-refractivity contribution < 1.29 is 4.74 Å². The molecule has 1 unspecified atom stereocenters. The fourth-order valence-corrected chi connectivity index (χ4v) is 4.26. The van der Waals surface area contributed by atoms with E-state index in [1.165, 1.54) is 26.8 Å². The van der Waals surface area contributed by atoms with E-state index in [0.29, 0.717) is 6.04 Å². The van der Waals surface area contributed by atoms with Gasteiger partial charge in [0.05, 0.1) is 13.2 Å². The third kappa shape index (κ3) is 2.21. The smallest absolute Gasteiger partial charge is 0.119 e. The predicted molar refractivity (Wildman–Crippen MR) is 93.0 cm³/mol. The maximum absolute atomic E-state index is 5.44. The lowest BCUT2D eigenvalue weighted by Crippen LogP contribution is -2.32. The maximum atomic E-state index is 5.44. The maximum Gasteiger partial charge on any atom is 0.119 e. The summed E-state index contributed by atoms with van der Waals surface area (Å²) in [6.45, 7) is 1.09. The lowest BCUT2D eigenvalue weighted by molar-refractivity contribution is 0.264. The monoisotopic (exact) mass is 309 g/mol. The minimum Gasteiger partial charge on any atom is -0.497 e. The Hall–Kier alpha value is -1.84. The van der Waals surface area contributed by atoms with E-state index in [9.17, 15) is 0 Å². The summed E-state index contributed by atoms with van der Waals surface area (Å²) in [4.78, 5) is 2.44. The number of thiophene rings is 1. The second-order valence-corrected chi connectivity index (χ2v) is 6.86. The number of ether oxygens (including phenoxy) is 1. The third-order valence-electron chi connectivity index (χ3n) is 4.62. The molecule has 3 aromatic rings. The van der Waals surface area contributed by atoms with Crippen LogP contribution in [0.1, 0.15) is 22.7 Å². The van der Waals surface area contributed by atoms with Crippen LogP contribution in [0.4, 0.5) is 0 Å². The van der Waals surface area contributed by atoms with Crippen molar-refractivity contribution in [3.05, 3.63) is 64.5 Å². The van der Waals surface area contributed by atoms with Gasteiger partial charge in [0, 0.05) is 11.2 Å². The Kier molecular flexibility index (Phi) is 3.40. The molecule has 0 fully saturated rings. The number of hydrogen-bond acceptors (Lipinski definition) is 3. The van der Waals surface area contributed by atoms with Crippen molar-refractivity contribution in [3.8, 4) is 5.75 Å². The Bertz CT molecular complexity index is 823. The van der Waals surface area contributed by atoms with Crippen LogP contribution in [-0.2, 0) is 6.42 Å². The van der Waals surface area contributed by atoms with Gasteiger partial charge in [-0.1, -0.05) is 18.2 Å². The molecular formula is C19H19NOS. The summed E-state index contributed by atoms with van der Waals surface area (Å²) in [6.07, 6.45) is 1.10. The number of likely N-dealkylation sites (N-methyl/N-ethyl adjacent to an activating group) is 1. The zero-order valence-corrected chi connectivity index (χ0v) is 13.7. The molecule has 112 valence electrons. The molecule has 0 saturated heterocycles. The molecular weight excluding hydrogens is 290 g/mol. The average Bonchev–Trinajstić information content (AvgIpc) is 3.01. The van der Waals surface area contributed by atoms with Crippen molar-refractivity contribution in [2.24, 2.45) is 0 Å². The highest BCUT2D eigenvalue weighted by Gasteiger charge is 2.26. The van der Waals surface area contributed by atoms with Crippen LogP contribution in [0.3, 0.4) is 0 Å². The van der Waals surface area contributed by atoms with E-state index >= 15 is 0 Å². The zero-order chi connectivity index (χ0) is 15.1. The number of nitrogens with zero attached hydrogens (tertiary/aromatic N) is 1. The number of rotatable bonds is 2. The minimum atomic E-state index is 0.311. The van der Waals surface area contributed by atoms with Crippen molar-refractivity contribution in [3.63, 3.8) is 0 Å². The van der Waals surface area contributed by atoms with Gasteiger partial charge >= 0.3 is 0 Å². The number of benzene rings is 2. The topological polar surface area (TPSA) is 12.5 Å². The minimum absolute atomic E-state index is 0.311. The summed E-state index contributed by atoms with van der Waals surface area (Å²) >= 11 is 1.81. The number of hydrogen-bond donors (Lipinski definition) is 0. The first-order chi connectivity index (χ1) is 10.8. The molecule has 1 atom stereocenters. The first kappa shape index (κ1) is 13.8. The fourth-order valence-electron chi connectivity index (χ4n) is 3.42. The van der Waals surface area contributed by atoms with Gasteiger partial charge in [0.1, 0.15) is 5.75 Å². The molecule has 0 saturated carbocycles. The Morgan fingerprint density at radius 1 is 1.14 bits per heavy atom. The van der Waals surface area contributed by atoms with Gasteiger partial charge < -0.3 is 4.74 Å². The van der Waals surface area contributed by atoms with E-state index in [1.54, 1.807) is 7.11 Å². The fraction of sp³-hybridized carbons (Fsp3) is 0.263. The van der Waals surface area contributed by atoms with Crippen molar-refractivity contribution in [1.29, 1.82) is 0 Å². The van der Waals surface area contributed by atoms with E-state index in [4.69, 9.17) is 4.74 Å². The predicted octanol–water partition coefficient (Wildman–Crippen LogP) is 4.49. The Labute approximate surface area is 135 Å². The second-order valence-electron chi connectivity index (χ2n) is 5.92. The highest BCUT2D eigenvalue weighted by Crippen LogP contribution is 2.37. The molecule has 0 bridgehead atoms. The second kappa shape index (κ2) is 5.41. The van der Waals surface area contributed by atoms with Crippen molar-refractivity contribution in [1.82, 2.24) is 4.90 Å². The SMILES string of the molecule is COc1ccc2c(c1)C(c1ccc3ccsc3c1)N(C)CC2. The van der Waals surface area contributed by atoms with Gasteiger partial charge in [0.2, 0.25) is 0 Å². The number of methoxy groups -OCH3 is 1. The van der Waals surface area contributed by atoms with E-state index in [-0.39, 0.29) is 0 Å². The molecule has 2 aromatic carbocycles. The molecule has 1 aromatic heterocycles. The number of fused-ring (bicyclic) bond motifs is 2. The molecule has 2 heterocycles. The van der Waals surface area contributed by atoms with Gasteiger partial charge in [0.25, 0.3) is 0 Å². The normalized spacial score (nSPS) is 18.4. The molecule has 0 spiro atoms. The summed E-state index contributed by atoms with van der Waals surface area (Å²) in [7, 11) is 3.95. The Balaban J connectivity index is 1.86. The third-order valence-corrected chi connectivity index (χ3v) is 5.50. The van der Waals surface area contributed by atoms with Crippen molar-refractivity contribution >= 4 is 21.4 Å². The summed E-state index contributed by atoms with van der Waals surface area (Å²) in [6, 6.07) is 15.8. The van der Waals surface area contributed by atoms with E-state index in [1.807, 2.05) is 11.3 Å². The van der Waals surface area contributed by atoms with E-state index in [0.717, 1.165) is 18.7 Å². The van der Waals surface area contributed by atoms with Crippen LogP contribution in [0, 0.1) is 0 Å². The van der Waals surface area contributed by atoms with Gasteiger partial charge in [-0.05, 0) is 65.2 Å². The van der Waals surface area contributed by atoms with Crippen molar-refractivity contribution in [2.75, 3.05) is 20.7 Å². The van der Waals surface area contributed by atoms with Gasteiger partial charge in [0.15, 0.2) is 0 Å². The Morgan fingerprint density at radius 2 is 2.05 bits per heavy atom.